The van der Waals surface area contributed by atoms with E-state index >= 15 is 0 Å². The molecule has 4 aromatic rings. The van der Waals surface area contributed by atoms with Crippen LogP contribution in [0.25, 0.3) is 32.7 Å². The average molecular weight is 269 g/mol. The summed E-state index contributed by atoms with van der Waals surface area (Å²) in [7, 11) is 0. The maximum absolute atomic E-state index is 6.09. The molecule has 0 amide bonds. The molecule has 0 heterocycles. The van der Waals surface area contributed by atoms with E-state index in [0.29, 0.717) is 0 Å². The van der Waals surface area contributed by atoms with Crippen LogP contribution in [0.1, 0.15) is 0 Å². The second-order valence-corrected chi connectivity index (χ2v) is 5.31. The number of benzene rings is 4. The van der Waals surface area contributed by atoms with E-state index in [-0.39, 0.29) is 0 Å². The molecule has 21 heavy (non-hydrogen) atoms. The largest absolute Gasteiger partial charge is 0.398 e. The molecule has 0 atom stereocenters. The molecule has 0 bridgehead atoms. The zero-order chi connectivity index (χ0) is 14.2. The third-order valence-electron chi connectivity index (χ3n) is 4.02. The zero-order valence-corrected chi connectivity index (χ0v) is 11.6. The van der Waals surface area contributed by atoms with Crippen LogP contribution in [0.5, 0.6) is 0 Å². The van der Waals surface area contributed by atoms with Crippen molar-refractivity contribution >= 4 is 27.2 Å². The fourth-order valence-corrected chi connectivity index (χ4v) is 2.94. The van der Waals surface area contributed by atoms with Crippen LogP contribution >= 0.6 is 0 Å². The Balaban J connectivity index is 2.02. The van der Waals surface area contributed by atoms with Crippen LogP contribution in [0, 0.1) is 0 Å². The molecule has 4 aromatic carbocycles. The molecule has 0 aliphatic carbocycles. The van der Waals surface area contributed by atoms with Gasteiger partial charge in [0.15, 0.2) is 0 Å². The number of nitrogen functional groups attached to an aromatic ring is 1. The highest BCUT2D eigenvalue weighted by Gasteiger charge is 2.06. The van der Waals surface area contributed by atoms with Crippen LogP contribution in [0.2, 0.25) is 0 Å². The molecule has 0 spiro atoms. The molecule has 0 aliphatic heterocycles. The minimum Gasteiger partial charge on any atom is -0.398 e. The highest BCUT2D eigenvalue weighted by atomic mass is 14.5. The first-order chi connectivity index (χ1) is 10.3. The quantitative estimate of drug-likeness (QED) is 0.470. The molecule has 0 aliphatic rings. The Morgan fingerprint density at radius 1 is 0.571 bits per heavy atom. The lowest BCUT2D eigenvalue weighted by molar-refractivity contribution is 1.67. The van der Waals surface area contributed by atoms with Crippen molar-refractivity contribution in [1.29, 1.82) is 0 Å². The maximum atomic E-state index is 6.09. The van der Waals surface area contributed by atoms with Gasteiger partial charge in [0.2, 0.25) is 0 Å². The standard InChI is InChI=1S/C20H15N/c21-20-10-4-8-18-17(7-3-9-19(18)20)16-12-11-14-5-1-2-6-15(14)13-16/h1-13H,21H2. The first-order valence-electron chi connectivity index (χ1n) is 7.09. The third-order valence-corrected chi connectivity index (χ3v) is 4.02. The number of fused-ring (bicyclic) bond motifs is 2. The number of anilines is 1. The van der Waals surface area contributed by atoms with Crippen molar-refractivity contribution in [3.05, 3.63) is 78.9 Å². The van der Waals surface area contributed by atoms with Crippen molar-refractivity contribution in [2.75, 3.05) is 5.73 Å². The minimum atomic E-state index is 0.829. The van der Waals surface area contributed by atoms with Gasteiger partial charge in [-0.3, -0.25) is 0 Å². The van der Waals surface area contributed by atoms with Crippen LogP contribution in [0.15, 0.2) is 78.9 Å². The first-order valence-corrected chi connectivity index (χ1v) is 7.09. The molecular weight excluding hydrogens is 254 g/mol. The Labute approximate surface area is 123 Å². The molecule has 0 fully saturated rings. The van der Waals surface area contributed by atoms with E-state index in [0.717, 1.165) is 11.1 Å². The number of hydrogen-bond donors (Lipinski definition) is 1. The summed E-state index contributed by atoms with van der Waals surface area (Å²) < 4.78 is 0. The van der Waals surface area contributed by atoms with Gasteiger partial charge in [-0.25, -0.2) is 0 Å². The Bertz CT molecular complexity index is 954. The predicted molar refractivity (Wildman–Crippen MR) is 91.3 cm³/mol. The van der Waals surface area contributed by atoms with Crippen LogP contribution in [-0.2, 0) is 0 Å². The van der Waals surface area contributed by atoms with Crippen molar-refractivity contribution in [3.63, 3.8) is 0 Å². The topological polar surface area (TPSA) is 26.0 Å². The van der Waals surface area contributed by atoms with Crippen molar-refractivity contribution < 1.29 is 0 Å². The summed E-state index contributed by atoms with van der Waals surface area (Å²) in [6.07, 6.45) is 0. The Morgan fingerprint density at radius 2 is 1.33 bits per heavy atom. The predicted octanol–water partition coefficient (Wildman–Crippen LogP) is 5.24. The van der Waals surface area contributed by atoms with Crippen LogP contribution in [0.4, 0.5) is 5.69 Å². The van der Waals surface area contributed by atoms with Gasteiger partial charge in [-0.2, -0.15) is 0 Å². The van der Waals surface area contributed by atoms with E-state index in [1.807, 2.05) is 12.1 Å². The van der Waals surface area contributed by atoms with E-state index < -0.39 is 0 Å². The zero-order valence-electron chi connectivity index (χ0n) is 11.6. The molecule has 0 radical (unpaired) electrons. The highest BCUT2D eigenvalue weighted by Crippen LogP contribution is 2.32. The molecule has 1 nitrogen and oxygen atoms in total. The lowest BCUT2D eigenvalue weighted by Gasteiger charge is -2.09. The third kappa shape index (κ3) is 1.95. The van der Waals surface area contributed by atoms with Crippen LogP contribution in [0.3, 0.4) is 0 Å². The van der Waals surface area contributed by atoms with Gasteiger partial charge >= 0.3 is 0 Å². The number of hydrogen-bond acceptors (Lipinski definition) is 1. The summed E-state index contributed by atoms with van der Waals surface area (Å²) in [5, 5.41) is 4.84. The van der Waals surface area contributed by atoms with E-state index in [1.165, 1.54) is 27.3 Å². The van der Waals surface area contributed by atoms with Crippen molar-refractivity contribution in [2.24, 2.45) is 0 Å². The Kier molecular flexibility index (Phi) is 2.65. The smallest absolute Gasteiger partial charge is 0.0393 e. The van der Waals surface area contributed by atoms with Gasteiger partial charge in [0.25, 0.3) is 0 Å². The molecule has 2 N–H and O–H groups in total. The molecule has 0 saturated heterocycles. The Hall–Kier alpha value is -2.80. The van der Waals surface area contributed by atoms with Crippen molar-refractivity contribution in [3.8, 4) is 11.1 Å². The van der Waals surface area contributed by atoms with Crippen molar-refractivity contribution in [2.45, 2.75) is 0 Å². The molecule has 1 heteroatoms. The van der Waals surface area contributed by atoms with E-state index in [1.54, 1.807) is 0 Å². The maximum Gasteiger partial charge on any atom is 0.0393 e. The highest BCUT2D eigenvalue weighted by molar-refractivity contribution is 6.03. The summed E-state index contributed by atoms with van der Waals surface area (Å²) in [4.78, 5) is 0. The SMILES string of the molecule is Nc1cccc2c(-c3ccc4ccccc4c3)cccc12. The summed E-state index contributed by atoms with van der Waals surface area (Å²) in [5.74, 6) is 0. The molecular formula is C20H15N. The molecule has 0 saturated carbocycles. The van der Waals surface area contributed by atoms with E-state index in [4.69, 9.17) is 5.73 Å². The lowest BCUT2D eigenvalue weighted by atomic mass is 9.96. The average Bonchev–Trinajstić information content (AvgIpc) is 2.54. The fourth-order valence-electron chi connectivity index (χ4n) is 2.94. The van der Waals surface area contributed by atoms with Crippen LogP contribution < -0.4 is 5.73 Å². The van der Waals surface area contributed by atoms with E-state index in [2.05, 4.69) is 66.7 Å². The molecule has 0 unspecified atom stereocenters. The molecule has 0 aromatic heterocycles. The summed E-state index contributed by atoms with van der Waals surface area (Å²) in [5.41, 5.74) is 9.38. The van der Waals surface area contributed by atoms with Crippen molar-refractivity contribution in [1.82, 2.24) is 0 Å². The summed E-state index contributed by atoms with van der Waals surface area (Å²) in [6.45, 7) is 0. The first kappa shape index (κ1) is 12.0. The van der Waals surface area contributed by atoms with Gasteiger partial charge in [0, 0.05) is 11.1 Å². The summed E-state index contributed by atoms with van der Waals surface area (Å²) in [6, 6.07) is 27.4. The van der Waals surface area contributed by atoms with E-state index in [9.17, 15) is 0 Å². The molecule has 100 valence electrons. The molecule has 4 rings (SSSR count). The van der Waals surface area contributed by atoms with Crippen LogP contribution in [-0.4, -0.2) is 0 Å². The second-order valence-electron chi connectivity index (χ2n) is 5.31. The van der Waals surface area contributed by atoms with Gasteiger partial charge in [-0.15, -0.1) is 0 Å². The summed E-state index contributed by atoms with van der Waals surface area (Å²) >= 11 is 0. The van der Waals surface area contributed by atoms with Gasteiger partial charge < -0.3 is 5.73 Å². The second kappa shape index (κ2) is 4.64. The van der Waals surface area contributed by atoms with Gasteiger partial charge in [0.1, 0.15) is 0 Å². The minimum absolute atomic E-state index is 0.829. The number of nitrogens with two attached hydrogens (primary N) is 1. The Morgan fingerprint density at radius 3 is 2.24 bits per heavy atom. The van der Waals surface area contributed by atoms with Gasteiger partial charge in [0.05, 0.1) is 0 Å². The number of rotatable bonds is 1. The van der Waals surface area contributed by atoms with Gasteiger partial charge in [-0.1, -0.05) is 66.7 Å². The normalized spacial score (nSPS) is 11.0. The fraction of sp³-hybridized carbons (Fsp3) is 0. The lowest BCUT2D eigenvalue weighted by Crippen LogP contribution is -1.88. The monoisotopic (exact) mass is 269 g/mol. The van der Waals surface area contributed by atoms with Gasteiger partial charge in [-0.05, 0) is 39.4 Å².